The van der Waals surface area contributed by atoms with E-state index >= 15 is 4.39 Å². The number of hydrogen-bond donors (Lipinski definition) is 1. The van der Waals surface area contributed by atoms with Gasteiger partial charge in [0.2, 0.25) is 0 Å². The summed E-state index contributed by atoms with van der Waals surface area (Å²) in [4.78, 5) is 14.5. The molecule has 2 aliphatic heterocycles. The molecule has 0 bridgehead atoms. The number of benzene rings is 1. The second-order valence-corrected chi connectivity index (χ2v) is 7.82. The Morgan fingerprint density at radius 2 is 2.12 bits per heavy atom. The largest absolute Gasteiger partial charge is 0.492 e. The summed E-state index contributed by atoms with van der Waals surface area (Å²) in [6.07, 6.45) is 6.36. The van der Waals surface area contributed by atoms with Crippen molar-refractivity contribution < 1.29 is 9.13 Å². The molecule has 1 aromatic heterocycles. The molecule has 0 radical (unpaired) electrons. The number of nitrogens with zero attached hydrogens (tertiary/aromatic N) is 2. The highest BCUT2D eigenvalue weighted by atomic mass is 19.1. The fourth-order valence-electron chi connectivity index (χ4n) is 4.74. The van der Waals surface area contributed by atoms with Crippen LogP contribution in [-0.4, -0.2) is 37.4 Å². The highest BCUT2D eigenvalue weighted by Gasteiger charge is 2.37. The van der Waals surface area contributed by atoms with Gasteiger partial charge in [-0.2, -0.15) is 0 Å². The zero-order valence-electron chi connectivity index (χ0n) is 15.0. The number of hydrogen-bond acceptors (Lipinski definition) is 4. The summed E-state index contributed by atoms with van der Waals surface area (Å²) in [7, 11) is 1.58. The van der Waals surface area contributed by atoms with E-state index in [-0.39, 0.29) is 11.2 Å². The molecule has 2 aromatic rings. The van der Waals surface area contributed by atoms with Crippen LogP contribution in [-0.2, 0) is 0 Å². The van der Waals surface area contributed by atoms with Crippen molar-refractivity contribution in [2.75, 3.05) is 31.6 Å². The molecule has 0 amide bonds. The van der Waals surface area contributed by atoms with Crippen LogP contribution in [0, 0.1) is 11.7 Å². The minimum Gasteiger partial charge on any atom is -0.492 e. The smallest absolute Gasteiger partial charge is 0.189 e. The van der Waals surface area contributed by atoms with Crippen LogP contribution in [0.25, 0.3) is 10.9 Å². The molecule has 3 heterocycles. The number of anilines is 1. The van der Waals surface area contributed by atoms with E-state index in [1.807, 2.05) is 6.20 Å². The zero-order chi connectivity index (χ0) is 17.8. The standard InChI is InChI=1S/C20H24FN3O2/c1-26-20-18-14(17(25)6-8-24(18)13-4-5-13)9-15(21)19(20)23-10-12-3-2-7-22-16(12)11-23/h6,8-9,12-13,16,22H,2-5,7,10-11H2,1H3/t12-,16-/m1/s1. The SMILES string of the molecule is COc1c(N2C[C@H]3CCCN[C@@H]3C2)c(F)cc2c(=O)ccn(C3CC3)c12. The Labute approximate surface area is 151 Å². The van der Waals surface area contributed by atoms with Crippen LogP contribution in [0.3, 0.4) is 0 Å². The second-order valence-electron chi connectivity index (χ2n) is 7.82. The van der Waals surface area contributed by atoms with E-state index in [1.165, 1.54) is 25.0 Å². The first kappa shape index (κ1) is 16.1. The van der Waals surface area contributed by atoms with Gasteiger partial charge in [0, 0.05) is 37.4 Å². The van der Waals surface area contributed by atoms with Gasteiger partial charge >= 0.3 is 0 Å². The van der Waals surface area contributed by atoms with Gasteiger partial charge < -0.3 is 19.5 Å². The molecule has 5 rings (SSSR count). The van der Waals surface area contributed by atoms with Crippen LogP contribution >= 0.6 is 0 Å². The molecule has 0 spiro atoms. The van der Waals surface area contributed by atoms with Gasteiger partial charge in [-0.05, 0) is 44.2 Å². The van der Waals surface area contributed by atoms with Crippen molar-refractivity contribution >= 4 is 16.6 Å². The quantitative estimate of drug-likeness (QED) is 0.917. The molecule has 6 heteroatoms. The molecule has 1 N–H and O–H groups in total. The van der Waals surface area contributed by atoms with Gasteiger partial charge in [0.15, 0.2) is 17.0 Å². The summed E-state index contributed by atoms with van der Waals surface area (Å²) in [5, 5.41) is 3.97. The predicted molar refractivity (Wildman–Crippen MR) is 99.7 cm³/mol. The fourth-order valence-corrected chi connectivity index (χ4v) is 4.74. The molecule has 0 unspecified atom stereocenters. The predicted octanol–water partition coefficient (Wildman–Crippen LogP) is 2.67. The summed E-state index contributed by atoms with van der Waals surface area (Å²) in [6, 6.07) is 3.73. The van der Waals surface area contributed by atoms with Gasteiger partial charge in [-0.3, -0.25) is 4.79 Å². The van der Waals surface area contributed by atoms with E-state index in [0.29, 0.717) is 34.8 Å². The van der Waals surface area contributed by atoms with Crippen LogP contribution in [0.2, 0.25) is 0 Å². The molecule has 2 saturated heterocycles. The number of aromatic nitrogens is 1. The number of halogens is 1. The van der Waals surface area contributed by atoms with Gasteiger partial charge in [0.1, 0.15) is 5.69 Å². The van der Waals surface area contributed by atoms with E-state index in [0.717, 1.165) is 38.0 Å². The lowest BCUT2D eigenvalue weighted by atomic mass is 9.94. The Balaban J connectivity index is 1.69. The summed E-state index contributed by atoms with van der Waals surface area (Å²) < 4.78 is 22.9. The molecule has 1 saturated carbocycles. The fraction of sp³-hybridized carbons (Fsp3) is 0.550. The first-order valence-corrected chi connectivity index (χ1v) is 9.57. The zero-order valence-corrected chi connectivity index (χ0v) is 15.0. The van der Waals surface area contributed by atoms with Crippen molar-refractivity contribution in [2.24, 2.45) is 5.92 Å². The van der Waals surface area contributed by atoms with Gasteiger partial charge in [-0.15, -0.1) is 0 Å². The molecule has 5 nitrogen and oxygen atoms in total. The van der Waals surface area contributed by atoms with Crippen LogP contribution < -0.4 is 20.4 Å². The van der Waals surface area contributed by atoms with Gasteiger partial charge in [0.05, 0.1) is 18.0 Å². The molecule has 1 aromatic carbocycles. The third-order valence-corrected chi connectivity index (χ3v) is 6.15. The van der Waals surface area contributed by atoms with Crippen molar-refractivity contribution in [2.45, 2.75) is 37.8 Å². The van der Waals surface area contributed by atoms with E-state index < -0.39 is 0 Å². The summed E-state index contributed by atoms with van der Waals surface area (Å²) in [6.45, 7) is 2.65. The monoisotopic (exact) mass is 357 g/mol. The van der Waals surface area contributed by atoms with Gasteiger partial charge in [-0.25, -0.2) is 4.39 Å². The number of piperidine rings is 1. The third-order valence-electron chi connectivity index (χ3n) is 6.15. The maximum absolute atomic E-state index is 15.1. The lowest BCUT2D eigenvalue weighted by molar-refractivity contribution is 0.340. The maximum Gasteiger partial charge on any atom is 0.189 e. The van der Waals surface area contributed by atoms with Gasteiger partial charge in [0.25, 0.3) is 0 Å². The normalized spacial score (nSPS) is 25.5. The molecule has 3 fully saturated rings. The first-order valence-electron chi connectivity index (χ1n) is 9.57. The maximum atomic E-state index is 15.1. The average molecular weight is 357 g/mol. The van der Waals surface area contributed by atoms with Crippen molar-refractivity contribution in [1.82, 2.24) is 9.88 Å². The topological polar surface area (TPSA) is 46.5 Å². The van der Waals surface area contributed by atoms with Crippen LogP contribution in [0.15, 0.2) is 23.1 Å². The summed E-state index contributed by atoms with van der Waals surface area (Å²) in [5.41, 5.74) is 1.09. The number of rotatable bonds is 3. The van der Waals surface area contributed by atoms with Crippen molar-refractivity contribution in [3.8, 4) is 5.75 Å². The van der Waals surface area contributed by atoms with Crippen LogP contribution in [0.1, 0.15) is 31.7 Å². The van der Waals surface area contributed by atoms with E-state index in [4.69, 9.17) is 4.74 Å². The van der Waals surface area contributed by atoms with Crippen molar-refractivity contribution in [3.63, 3.8) is 0 Å². The lowest BCUT2D eigenvalue weighted by Gasteiger charge is -2.24. The molecular weight excluding hydrogens is 333 g/mol. The third kappa shape index (κ3) is 2.42. The number of fused-ring (bicyclic) bond motifs is 2. The Morgan fingerprint density at radius 3 is 2.85 bits per heavy atom. The summed E-state index contributed by atoms with van der Waals surface area (Å²) in [5.74, 6) is 0.687. The lowest BCUT2D eigenvalue weighted by Crippen LogP contribution is -2.40. The number of ether oxygens (including phenoxy) is 1. The molecule has 26 heavy (non-hydrogen) atoms. The van der Waals surface area contributed by atoms with Crippen LogP contribution in [0.5, 0.6) is 5.75 Å². The van der Waals surface area contributed by atoms with E-state index in [1.54, 1.807) is 7.11 Å². The minimum absolute atomic E-state index is 0.155. The number of nitrogens with one attached hydrogen (secondary N) is 1. The Hall–Kier alpha value is -2.08. The molecule has 1 aliphatic carbocycles. The Kier molecular flexibility index (Phi) is 3.71. The first-order chi connectivity index (χ1) is 12.7. The second kappa shape index (κ2) is 5.98. The average Bonchev–Trinajstić information content (AvgIpc) is 3.39. The molecule has 138 valence electrons. The van der Waals surface area contributed by atoms with Crippen molar-refractivity contribution in [1.29, 1.82) is 0 Å². The van der Waals surface area contributed by atoms with Gasteiger partial charge in [-0.1, -0.05) is 0 Å². The highest BCUT2D eigenvalue weighted by Crippen LogP contribution is 2.44. The summed E-state index contributed by atoms with van der Waals surface area (Å²) >= 11 is 0. The highest BCUT2D eigenvalue weighted by molar-refractivity contribution is 5.91. The molecule has 3 aliphatic rings. The van der Waals surface area contributed by atoms with Crippen LogP contribution in [0.4, 0.5) is 10.1 Å². The number of methoxy groups -OCH3 is 1. The Morgan fingerprint density at radius 1 is 1.27 bits per heavy atom. The Bertz CT molecular complexity index is 907. The van der Waals surface area contributed by atoms with Crippen molar-refractivity contribution in [3.05, 3.63) is 34.4 Å². The van der Waals surface area contributed by atoms with E-state index in [2.05, 4.69) is 14.8 Å². The minimum atomic E-state index is -0.362. The molecular formula is C20H24FN3O2. The molecule has 2 atom stereocenters. The van der Waals surface area contributed by atoms with E-state index in [9.17, 15) is 4.79 Å². The number of pyridine rings is 1.